The van der Waals surface area contributed by atoms with Gasteiger partial charge in [0.15, 0.2) is 0 Å². The number of halogens is 1. The van der Waals surface area contributed by atoms with Crippen molar-refractivity contribution in [2.75, 3.05) is 0 Å². The molecule has 0 fully saturated rings. The molecule has 1 radical (unpaired) electrons. The van der Waals surface area contributed by atoms with Crippen LogP contribution in [0, 0.1) is 37.2 Å². The third kappa shape index (κ3) is 8.21. The zero-order valence-electron chi connectivity index (χ0n) is 31.5. The van der Waals surface area contributed by atoms with Crippen LogP contribution in [0.15, 0.2) is 140 Å². The first kappa shape index (κ1) is 38.3. The van der Waals surface area contributed by atoms with Gasteiger partial charge in [-0.2, -0.15) is 29.4 Å². The number of aromatic nitrogens is 4. The van der Waals surface area contributed by atoms with Crippen LogP contribution in [0.2, 0.25) is 0 Å². The fourth-order valence-electron chi connectivity index (χ4n) is 6.99. The van der Waals surface area contributed by atoms with Crippen LogP contribution in [0.5, 0.6) is 0 Å². The van der Waals surface area contributed by atoms with Gasteiger partial charge in [-0.15, -0.1) is 29.8 Å². The summed E-state index contributed by atoms with van der Waals surface area (Å²) in [6.07, 6.45) is 2.93. The van der Waals surface area contributed by atoms with E-state index in [1.54, 1.807) is 0 Å². The summed E-state index contributed by atoms with van der Waals surface area (Å²) in [5.74, 6) is 0.500. The molecule has 54 heavy (non-hydrogen) atoms. The Labute approximate surface area is 331 Å². The average molecular weight is 887 g/mol. The van der Waals surface area contributed by atoms with Gasteiger partial charge >= 0.3 is 0 Å². The molecule has 0 atom stereocenters. The minimum Gasteiger partial charge on any atom is -0.367 e. The summed E-state index contributed by atoms with van der Waals surface area (Å²) in [4.78, 5) is 4.75. The van der Waals surface area contributed by atoms with Gasteiger partial charge in [0.25, 0.3) is 0 Å². The fourth-order valence-corrected chi connectivity index (χ4v) is 6.99. The number of rotatable bonds is 6. The van der Waals surface area contributed by atoms with Gasteiger partial charge in [0.05, 0.1) is 28.7 Å². The summed E-state index contributed by atoms with van der Waals surface area (Å²) < 4.78 is 19.1. The van der Waals surface area contributed by atoms with Crippen molar-refractivity contribution in [3.8, 4) is 50.5 Å². The largest absolute Gasteiger partial charge is 0.367 e. The first-order chi connectivity index (χ1) is 25.6. The molecule has 6 heteroatoms. The van der Waals surface area contributed by atoms with Crippen LogP contribution in [0.4, 0.5) is 4.39 Å². The van der Waals surface area contributed by atoms with Gasteiger partial charge in [-0.1, -0.05) is 111 Å². The second kappa shape index (κ2) is 16.3. The Morgan fingerprint density at radius 1 is 0.704 bits per heavy atom. The molecule has 0 aliphatic rings. The molecule has 0 saturated heterocycles. The second-order valence-corrected chi connectivity index (χ2v) is 14.7. The molecule has 0 aliphatic heterocycles. The Morgan fingerprint density at radius 3 is 1.96 bits per heavy atom. The first-order valence-electron chi connectivity index (χ1n) is 18.0. The van der Waals surface area contributed by atoms with E-state index in [1.807, 2.05) is 115 Å². The van der Waals surface area contributed by atoms with Gasteiger partial charge < -0.3 is 4.57 Å². The van der Waals surface area contributed by atoms with Crippen molar-refractivity contribution >= 4 is 11.0 Å². The summed E-state index contributed by atoms with van der Waals surface area (Å²) in [7, 11) is 1.98. The van der Waals surface area contributed by atoms with Crippen LogP contribution in [0.1, 0.15) is 37.6 Å². The van der Waals surface area contributed by atoms with Crippen LogP contribution in [0.3, 0.4) is 0 Å². The van der Waals surface area contributed by atoms with E-state index in [0.717, 1.165) is 62.3 Å². The quantitative estimate of drug-likeness (QED) is 0.156. The Morgan fingerprint density at radius 2 is 1.33 bits per heavy atom. The third-order valence-corrected chi connectivity index (χ3v) is 9.41. The monoisotopic (exact) mass is 887 g/mol. The van der Waals surface area contributed by atoms with Gasteiger partial charge in [0.2, 0.25) is 0 Å². The van der Waals surface area contributed by atoms with Gasteiger partial charge in [0.1, 0.15) is 0 Å². The normalized spacial score (nSPS) is 11.2. The third-order valence-electron chi connectivity index (χ3n) is 9.41. The Kier molecular flexibility index (Phi) is 11.6. The maximum absolute atomic E-state index is 15.0. The molecule has 0 spiro atoms. The molecule has 4 nitrogen and oxygen atoms in total. The summed E-state index contributed by atoms with van der Waals surface area (Å²) in [5, 5.41) is 4.63. The number of fused-ring (bicyclic) bond motifs is 1. The van der Waals surface area contributed by atoms with E-state index < -0.39 is 0 Å². The second-order valence-electron chi connectivity index (χ2n) is 14.7. The average Bonchev–Trinajstić information content (AvgIpc) is 3.73. The standard InChI is InChI=1S/C28H22FN2.C20H21N2.Ir/c1-18-15-22(20-9-5-4-6-10-20)16-19(2)27(18)23-17-21(13-14-24(23)29)28-30-25-11-7-8-12-26(25)31(28)3;1-20(2,3)14-19-18(16-10-6-4-7-11-16)15-21-22(19)17-12-8-5-9-13-17;/h4-12,14-17H,1-3H3;4-12,15H,14H2,1-3H3;/q2*-1;. The molecular weight excluding hydrogens is 844 g/mol. The van der Waals surface area contributed by atoms with Crippen molar-refractivity contribution in [2.45, 2.75) is 41.0 Å². The molecule has 2 heterocycles. The number of hydrogen-bond donors (Lipinski definition) is 0. The van der Waals surface area contributed by atoms with Crippen LogP contribution in [-0.2, 0) is 33.6 Å². The molecule has 8 rings (SSSR count). The predicted octanol–water partition coefficient (Wildman–Crippen LogP) is 12.1. The van der Waals surface area contributed by atoms with Gasteiger partial charge in [-0.25, -0.2) is 0 Å². The van der Waals surface area contributed by atoms with Crippen molar-refractivity contribution in [1.82, 2.24) is 19.3 Å². The van der Waals surface area contributed by atoms with Gasteiger partial charge in [-0.05, 0) is 76.9 Å². The van der Waals surface area contributed by atoms with E-state index in [2.05, 4.69) is 86.5 Å². The number of benzene rings is 6. The predicted molar refractivity (Wildman–Crippen MR) is 216 cm³/mol. The van der Waals surface area contributed by atoms with Crippen LogP contribution < -0.4 is 0 Å². The molecule has 8 aromatic rings. The fraction of sp³-hybridized carbons (Fsp3) is 0.167. The van der Waals surface area contributed by atoms with E-state index in [-0.39, 0.29) is 31.3 Å². The van der Waals surface area contributed by atoms with E-state index in [0.29, 0.717) is 5.56 Å². The number of para-hydroxylation sites is 3. The Bertz CT molecular complexity index is 2410. The molecule has 0 unspecified atom stereocenters. The van der Waals surface area contributed by atoms with Gasteiger partial charge in [0, 0.05) is 38.5 Å². The number of nitrogens with zero attached hydrogens (tertiary/aromatic N) is 4. The summed E-state index contributed by atoms with van der Waals surface area (Å²) in [6.45, 7) is 10.9. The summed E-state index contributed by atoms with van der Waals surface area (Å²) >= 11 is 0. The van der Waals surface area contributed by atoms with Crippen molar-refractivity contribution in [3.05, 3.63) is 174 Å². The zero-order chi connectivity index (χ0) is 37.1. The van der Waals surface area contributed by atoms with Crippen molar-refractivity contribution in [1.29, 1.82) is 0 Å². The molecule has 0 amide bonds. The topological polar surface area (TPSA) is 35.6 Å². The van der Waals surface area contributed by atoms with Crippen LogP contribution >= 0.6 is 0 Å². The maximum atomic E-state index is 15.0. The molecule has 6 aromatic carbocycles. The molecular formula is C48H43FIrN4-2. The van der Waals surface area contributed by atoms with E-state index in [9.17, 15) is 0 Å². The van der Waals surface area contributed by atoms with E-state index in [4.69, 9.17) is 4.98 Å². The summed E-state index contributed by atoms with van der Waals surface area (Å²) in [6, 6.07) is 50.6. The maximum Gasteiger partial charge on any atom is 0.0770 e. The van der Waals surface area contributed by atoms with Crippen molar-refractivity contribution in [2.24, 2.45) is 12.5 Å². The number of imidazole rings is 1. The summed E-state index contributed by atoms with van der Waals surface area (Å²) in [5.41, 5.74) is 13.4. The zero-order valence-corrected chi connectivity index (χ0v) is 33.9. The van der Waals surface area contributed by atoms with Crippen LogP contribution in [-0.4, -0.2) is 19.3 Å². The molecule has 0 aliphatic carbocycles. The minimum absolute atomic E-state index is 0. The Hall–Kier alpha value is -5.42. The minimum atomic E-state index is -0.277. The van der Waals surface area contributed by atoms with Crippen molar-refractivity contribution in [3.63, 3.8) is 0 Å². The van der Waals surface area contributed by atoms with Crippen molar-refractivity contribution < 1.29 is 24.5 Å². The number of hydrogen-bond acceptors (Lipinski definition) is 2. The molecule has 0 bridgehead atoms. The molecule has 0 saturated carbocycles. The SMILES string of the molecule is CC(C)(C)Cc1c(-c2ccccc2)cnn1-c1[c-]cccc1.Cc1cc(-c2ccccc2)cc(C)c1-c1cc(-c2nc3ccccc3n2C)[c-]cc1F.[Ir]. The van der Waals surface area contributed by atoms with Gasteiger partial charge in [-0.3, -0.25) is 14.1 Å². The Balaban J connectivity index is 0.000000191. The van der Waals surface area contributed by atoms with E-state index >= 15 is 4.39 Å². The molecule has 2 aromatic heterocycles. The smallest absolute Gasteiger partial charge is 0.0770 e. The number of aryl methyl sites for hydroxylation is 3. The molecule has 273 valence electrons. The van der Waals surface area contributed by atoms with Crippen LogP contribution in [0.25, 0.3) is 61.5 Å². The first-order valence-corrected chi connectivity index (χ1v) is 18.0. The molecule has 0 N–H and O–H groups in total. The van der Waals surface area contributed by atoms with E-state index in [1.165, 1.54) is 22.9 Å².